The molecule has 0 saturated heterocycles. The lowest BCUT2D eigenvalue weighted by atomic mass is 9.82. The van der Waals surface area contributed by atoms with Gasteiger partial charge >= 0.3 is 5.97 Å². The fourth-order valence-electron chi connectivity index (χ4n) is 1.63. The Morgan fingerprint density at radius 1 is 1.24 bits per heavy atom. The second-order valence-electron chi connectivity index (χ2n) is 4.75. The Morgan fingerprint density at radius 3 is 2.06 bits per heavy atom. The van der Waals surface area contributed by atoms with Gasteiger partial charge in [0.05, 0.1) is 11.3 Å². The zero-order chi connectivity index (χ0) is 13.3. The topological polar surface area (TPSA) is 71.4 Å². The molecule has 94 valence electrons. The van der Waals surface area contributed by atoms with E-state index < -0.39 is 21.2 Å². The standard InChI is InChI=1S/C12H16O4S/c1-12(2,8-11(13)14)9-4-6-10(7-5-9)17(3,15)16/h4-7H,8H2,1-3H3,(H,13,14). The summed E-state index contributed by atoms with van der Waals surface area (Å²) in [7, 11) is -3.20. The van der Waals surface area contributed by atoms with Gasteiger partial charge in [0.15, 0.2) is 9.84 Å². The van der Waals surface area contributed by atoms with E-state index in [9.17, 15) is 13.2 Å². The molecule has 0 unspecified atom stereocenters. The Kier molecular flexibility index (Phi) is 3.62. The zero-order valence-electron chi connectivity index (χ0n) is 10.1. The highest BCUT2D eigenvalue weighted by Crippen LogP contribution is 2.27. The van der Waals surface area contributed by atoms with Crippen LogP contribution in [0.1, 0.15) is 25.8 Å². The molecule has 0 aliphatic rings. The third-order valence-electron chi connectivity index (χ3n) is 2.66. The molecular formula is C12H16O4S. The molecule has 0 spiro atoms. The highest BCUT2D eigenvalue weighted by Gasteiger charge is 2.24. The first-order valence-corrected chi connectivity index (χ1v) is 7.04. The van der Waals surface area contributed by atoms with E-state index in [4.69, 9.17) is 5.11 Å². The maximum atomic E-state index is 11.3. The quantitative estimate of drug-likeness (QED) is 0.892. The summed E-state index contributed by atoms with van der Waals surface area (Å²) in [6, 6.07) is 6.35. The Morgan fingerprint density at radius 2 is 1.71 bits per heavy atom. The normalized spacial score (nSPS) is 12.4. The minimum Gasteiger partial charge on any atom is -0.481 e. The molecule has 0 radical (unpaired) electrons. The number of hydrogen-bond acceptors (Lipinski definition) is 3. The van der Waals surface area contributed by atoms with Crippen LogP contribution >= 0.6 is 0 Å². The average molecular weight is 256 g/mol. The van der Waals surface area contributed by atoms with Crippen molar-refractivity contribution in [3.8, 4) is 0 Å². The molecule has 0 heterocycles. The van der Waals surface area contributed by atoms with E-state index in [1.165, 1.54) is 12.1 Å². The highest BCUT2D eigenvalue weighted by atomic mass is 32.2. The molecule has 1 aromatic rings. The first-order valence-electron chi connectivity index (χ1n) is 5.15. The van der Waals surface area contributed by atoms with E-state index in [0.717, 1.165) is 11.8 Å². The van der Waals surface area contributed by atoms with Gasteiger partial charge in [-0.15, -0.1) is 0 Å². The van der Waals surface area contributed by atoms with Crippen LogP contribution in [-0.2, 0) is 20.0 Å². The lowest BCUT2D eigenvalue weighted by Gasteiger charge is -2.23. The SMILES string of the molecule is CC(C)(CC(=O)O)c1ccc(S(C)(=O)=O)cc1. The lowest BCUT2D eigenvalue weighted by molar-refractivity contribution is -0.138. The van der Waals surface area contributed by atoms with E-state index >= 15 is 0 Å². The van der Waals surface area contributed by atoms with Crippen molar-refractivity contribution >= 4 is 15.8 Å². The monoisotopic (exact) mass is 256 g/mol. The smallest absolute Gasteiger partial charge is 0.304 e. The summed E-state index contributed by atoms with van der Waals surface area (Å²) in [5, 5.41) is 8.80. The van der Waals surface area contributed by atoms with Crippen LogP contribution in [0.15, 0.2) is 29.2 Å². The minimum atomic E-state index is -3.20. The van der Waals surface area contributed by atoms with E-state index in [1.54, 1.807) is 12.1 Å². The summed E-state index contributed by atoms with van der Waals surface area (Å²) < 4.78 is 22.6. The maximum Gasteiger partial charge on any atom is 0.304 e. The lowest BCUT2D eigenvalue weighted by Crippen LogP contribution is -2.21. The molecule has 1 N–H and O–H groups in total. The average Bonchev–Trinajstić information content (AvgIpc) is 2.14. The Hall–Kier alpha value is -1.36. The van der Waals surface area contributed by atoms with Crippen LogP contribution in [-0.4, -0.2) is 25.7 Å². The van der Waals surface area contributed by atoms with Crippen LogP contribution in [0.5, 0.6) is 0 Å². The van der Waals surface area contributed by atoms with Crippen molar-refractivity contribution in [3.05, 3.63) is 29.8 Å². The van der Waals surface area contributed by atoms with Crippen LogP contribution in [0.25, 0.3) is 0 Å². The fraction of sp³-hybridized carbons (Fsp3) is 0.417. The van der Waals surface area contributed by atoms with Gasteiger partial charge in [-0.3, -0.25) is 4.79 Å². The van der Waals surface area contributed by atoms with Crippen LogP contribution < -0.4 is 0 Å². The van der Waals surface area contributed by atoms with Crippen molar-refractivity contribution in [3.63, 3.8) is 0 Å². The number of aliphatic carboxylic acids is 1. The van der Waals surface area contributed by atoms with Gasteiger partial charge in [-0.1, -0.05) is 26.0 Å². The number of sulfone groups is 1. The molecule has 1 aromatic carbocycles. The first kappa shape index (κ1) is 13.7. The number of carboxylic acid groups (broad SMARTS) is 1. The predicted molar refractivity (Wildman–Crippen MR) is 64.8 cm³/mol. The fourth-order valence-corrected chi connectivity index (χ4v) is 2.26. The van der Waals surface area contributed by atoms with Gasteiger partial charge in [0.25, 0.3) is 0 Å². The van der Waals surface area contributed by atoms with Gasteiger partial charge in [-0.2, -0.15) is 0 Å². The number of rotatable bonds is 4. The van der Waals surface area contributed by atoms with Crippen molar-refractivity contribution in [2.24, 2.45) is 0 Å². The zero-order valence-corrected chi connectivity index (χ0v) is 10.9. The predicted octanol–water partition coefficient (Wildman–Crippen LogP) is 1.84. The van der Waals surface area contributed by atoms with Gasteiger partial charge in [-0.25, -0.2) is 8.42 Å². The number of hydrogen-bond donors (Lipinski definition) is 1. The summed E-state index contributed by atoms with van der Waals surface area (Å²) in [5.74, 6) is -0.873. The Balaban J connectivity index is 3.07. The summed E-state index contributed by atoms with van der Waals surface area (Å²) in [4.78, 5) is 11.0. The second-order valence-corrected chi connectivity index (χ2v) is 6.77. The summed E-state index contributed by atoms with van der Waals surface area (Å²) >= 11 is 0. The second kappa shape index (κ2) is 4.49. The first-order chi connectivity index (χ1) is 7.63. The van der Waals surface area contributed by atoms with Crippen molar-refractivity contribution in [2.45, 2.75) is 30.6 Å². The molecule has 1 rings (SSSR count). The van der Waals surface area contributed by atoms with Crippen LogP contribution in [0.4, 0.5) is 0 Å². The Labute approximate surface area is 101 Å². The van der Waals surface area contributed by atoms with Gasteiger partial charge in [-0.05, 0) is 17.7 Å². The van der Waals surface area contributed by atoms with Gasteiger partial charge in [0.1, 0.15) is 0 Å². The van der Waals surface area contributed by atoms with Crippen molar-refractivity contribution in [2.75, 3.05) is 6.26 Å². The molecule has 17 heavy (non-hydrogen) atoms. The molecule has 0 fully saturated rings. The number of benzene rings is 1. The molecule has 0 aliphatic heterocycles. The van der Waals surface area contributed by atoms with E-state index in [-0.39, 0.29) is 11.3 Å². The van der Waals surface area contributed by atoms with Crippen molar-refractivity contribution < 1.29 is 18.3 Å². The number of carbonyl (C=O) groups is 1. The molecule has 0 saturated carbocycles. The molecule has 0 aliphatic carbocycles. The minimum absolute atomic E-state index is 0.00518. The van der Waals surface area contributed by atoms with Crippen molar-refractivity contribution in [1.29, 1.82) is 0 Å². The number of carboxylic acids is 1. The maximum absolute atomic E-state index is 11.3. The third-order valence-corrected chi connectivity index (χ3v) is 3.79. The van der Waals surface area contributed by atoms with E-state index in [1.807, 2.05) is 13.8 Å². The van der Waals surface area contributed by atoms with Gasteiger partial charge < -0.3 is 5.11 Å². The molecule has 0 atom stereocenters. The van der Waals surface area contributed by atoms with Crippen LogP contribution in [0.3, 0.4) is 0 Å². The molecule has 5 heteroatoms. The van der Waals surface area contributed by atoms with Crippen LogP contribution in [0, 0.1) is 0 Å². The van der Waals surface area contributed by atoms with E-state index in [0.29, 0.717) is 0 Å². The van der Waals surface area contributed by atoms with Gasteiger partial charge in [0, 0.05) is 11.7 Å². The summed E-state index contributed by atoms with van der Waals surface area (Å²) in [6.07, 6.45) is 1.15. The van der Waals surface area contributed by atoms with Crippen LogP contribution in [0.2, 0.25) is 0 Å². The molecular weight excluding hydrogens is 240 g/mol. The Bertz CT molecular complexity index is 512. The highest BCUT2D eigenvalue weighted by molar-refractivity contribution is 7.90. The molecule has 0 aromatic heterocycles. The largest absolute Gasteiger partial charge is 0.481 e. The molecule has 4 nitrogen and oxygen atoms in total. The summed E-state index contributed by atoms with van der Waals surface area (Å²) in [6.45, 7) is 3.63. The van der Waals surface area contributed by atoms with E-state index in [2.05, 4.69) is 0 Å². The van der Waals surface area contributed by atoms with Gasteiger partial charge in [0.2, 0.25) is 0 Å². The molecule has 0 amide bonds. The summed E-state index contributed by atoms with van der Waals surface area (Å²) in [5.41, 5.74) is 0.300. The van der Waals surface area contributed by atoms with Crippen molar-refractivity contribution in [1.82, 2.24) is 0 Å². The molecule has 0 bridgehead atoms. The third kappa shape index (κ3) is 3.56.